The van der Waals surface area contributed by atoms with Crippen LogP contribution in [0.15, 0.2) is 59.5 Å². The average molecular weight is 384 g/mol. The molecule has 3 rings (SSSR count). The molecular weight excluding hydrogens is 364 g/mol. The highest BCUT2D eigenvalue weighted by Gasteiger charge is 2.20. The molecule has 0 saturated carbocycles. The molecule has 0 aromatic heterocycles. The minimum atomic E-state index is -1.56. The quantitative estimate of drug-likeness (QED) is 0.579. The first kappa shape index (κ1) is 18.9. The highest BCUT2D eigenvalue weighted by atomic mass is 32.2. The molecule has 27 heavy (non-hydrogen) atoms. The lowest BCUT2D eigenvalue weighted by Crippen LogP contribution is -2.12. The molecule has 3 aromatic rings. The monoisotopic (exact) mass is 384 g/mol. The molecule has 0 fully saturated rings. The van der Waals surface area contributed by atoms with E-state index < -0.39 is 10.8 Å². The van der Waals surface area contributed by atoms with Gasteiger partial charge in [0, 0.05) is 10.9 Å². The Hall–Kier alpha value is -2.86. The molecule has 3 aromatic carbocycles. The van der Waals surface area contributed by atoms with Gasteiger partial charge in [0.2, 0.25) is 0 Å². The van der Waals surface area contributed by atoms with Crippen LogP contribution in [0.3, 0.4) is 0 Å². The third-order valence-corrected chi connectivity index (χ3v) is 5.66. The topological polar surface area (TPSA) is 61.8 Å². The van der Waals surface area contributed by atoms with Crippen molar-refractivity contribution in [3.05, 3.63) is 60.2 Å². The van der Waals surface area contributed by atoms with Gasteiger partial charge in [-0.25, -0.2) is 0 Å². The van der Waals surface area contributed by atoms with Gasteiger partial charge in [-0.1, -0.05) is 30.3 Å². The van der Waals surface area contributed by atoms with Gasteiger partial charge in [-0.05, 0) is 29.7 Å². The summed E-state index contributed by atoms with van der Waals surface area (Å²) >= 11 is 0. The first-order chi connectivity index (χ1) is 13.1. The lowest BCUT2D eigenvalue weighted by atomic mass is 10.1. The Morgan fingerprint density at radius 1 is 0.852 bits per heavy atom. The van der Waals surface area contributed by atoms with E-state index >= 15 is 0 Å². The minimum Gasteiger partial charge on any atom is -0.495 e. The van der Waals surface area contributed by atoms with Gasteiger partial charge in [0.25, 0.3) is 0 Å². The maximum absolute atomic E-state index is 13.1. The molecule has 0 heterocycles. The number of ether oxygens (including phenoxy) is 3. The van der Waals surface area contributed by atoms with Crippen LogP contribution in [-0.2, 0) is 10.8 Å². The van der Waals surface area contributed by atoms with E-state index in [0.717, 1.165) is 10.8 Å². The van der Waals surface area contributed by atoms with Crippen molar-refractivity contribution in [1.29, 1.82) is 0 Å². The number of hydrogen-bond donors (Lipinski definition) is 0. The number of rotatable bonds is 7. The molecule has 5 nitrogen and oxygen atoms in total. The molecule has 140 valence electrons. The van der Waals surface area contributed by atoms with Gasteiger partial charge >= 0.3 is 0 Å². The Morgan fingerprint density at radius 3 is 2.22 bits per heavy atom. The summed E-state index contributed by atoms with van der Waals surface area (Å²) in [5.74, 6) is 1.10. The molecule has 0 saturated heterocycles. The van der Waals surface area contributed by atoms with Crippen LogP contribution in [-0.4, -0.2) is 37.1 Å². The summed E-state index contributed by atoms with van der Waals surface area (Å²) in [7, 11) is 3.00. The van der Waals surface area contributed by atoms with Crippen molar-refractivity contribution in [2.24, 2.45) is 0 Å². The molecule has 0 aliphatic heterocycles. The van der Waals surface area contributed by atoms with Crippen molar-refractivity contribution >= 4 is 27.4 Å². The van der Waals surface area contributed by atoms with Gasteiger partial charge in [0.15, 0.2) is 17.3 Å². The Kier molecular flexibility index (Phi) is 5.76. The average Bonchev–Trinajstić information content (AvgIpc) is 2.71. The van der Waals surface area contributed by atoms with E-state index in [1.807, 2.05) is 30.3 Å². The summed E-state index contributed by atoms with van der Waals surface area (Å²) in [6.07, 6.45) is 0. The fourth-order valence-electron chi connectivity index (χ4n) is 2.90. The smallest absolute Gasteiger partial charge is 0.175 e. The molecule has 0 amide bonds. The first-order valence-corrected chi connectivity index (χ1v) is 9.60. The predicted octanol–water partition coefficient (Wildman–Crippen LogP) is 3.86. The summed E-state index contributed by atoms with van der Waals surface area (Å²) in [4.78, 5) is 13.2. The van der Waals surface area contributed by atoms with Gasteiger partial charge in [-0.2, -0.15) is 0 Å². The highest BCUT2D eigenvalue weighted by molar-refractivity contribution is 7.86. The zero-order valence-corrected chi connectivity index (χ0v) is 16.2. The Morgan fingerprint density at radius 2 is 1.52 bits per heavy atom. The van der Waals surface area contributed by atoms with Crippen LogP contribution >= 0.6 is 0 Å². The Labute approximate surface area is 160 Å². The van der Waals surface area contributed by atoms with E-state index in [2.05, 4.69) is 0 Å². The van der Waals surface area contributed by atoms with Crippen LogP contribution in [0.4, 0.5) is 0 Å². The second-order valence-corrected chi connectivity index (χ2v) is 7.19. The van der Waals surface area contributed by atoms with Crippen molar-refractivity contribution in [3.63, 3.8) is 0 Å². The maximum atomic E-state index is 13.1. The van der Waals surface area contributed by atoms with E-state index in [9.17, 15) is 9.00 Å². The molecule has 0 N–H and O–H groups in total. The van der Waals surface area contributed by atoms with Gasteiger partial charge in [0.05, 0.1) is 42.8 Å². The number of hydrogen-bond acceptors (Lipinski definition) is 5. The van der Waals surface area contributed by atoms with Crippen molar-refractivity contribution in [2.45, 2.75) is 4.90 Å². The fraction of sp³-hybridized carbons (Fsp3) is 0.190. The molecule has 1 atom stereocenters. The highest BCUT2D eigenvalue weighted by Crippen LogP contribution is 2.32. The molecular formula is C21H20O5S. The van der Waals surface area contributed by atoms with E-state index in [4.69, 9.17) is 14.2 Å². The molecule has 0 spiro atoms. The number of fused-ring (bicyclic) bond motifs is 1. The van der Waals surface area contributed by atoms with E-state index in [1.54, 1.807) is 24.3 Å². The second kappa shape index (κ2) is 8.22. The van der Waals surface area contributed by atoms with Crippen molar-refractivity contribution < 1.29 is 23.2 Å². The van der Waals surface area contributed by atoms with Crippen LogP contribution in [0.2, 0.25) is 0 Å². The van der Waals surface area contributed by atoms with Crippen LogP contribution in [0.1, 0.15) is 10.4 Å². The molecule has 0 bridgehead atoms. The molecule has 0 aliphatic carbocycles. The van der Waals surface area contributed by atoms with Gasteiger partial charge < -0.3 is 14.2 Å². The van der Waals surface area contributed by atoms with Gasteiger partial charge in [-0.15, -0.1) is 0 Å². The Bertz CT molecular complexity index is 1010. The molecule has 6 heteroatoms. The minimum absolute atomic E-state index is 0.153. The van der Waals surface area contributed by atoms with Gasteiger partial charge in [-0.3, -0.25) is 9.00 Å². The zero-order valence-electron chi connectivity index (χ0n) is 15.4. The van der Waals surface area contributed by atoms with Crippen molar-refractivity contribution in [1.82, 2.24) is 0 Å². The van der Waals surface area contributed by atoms with Crippen LogP contribution < -0.4 is 14.2 Å². The van der Waals surface area contributed by atoms with E-state index in [-0.39, 0.29) is 11.5 Å². The third-order valence-electron chi connectivity index (χ3n) is 4.26. The van der Waals surface area contributed by atoms with Crippen LogP contribution in [0, 0.1) is 0 Å². The second-order valence-electron chi connectivity index (χ2n) is 5.80. The summed E-state index contributed by atoms with van der Waals surface area (Å²) in [5, 5.41) is 1.76. The zero-order chi connectivity index (χ0) is 19.4. The largest absolute Gasteiger partial charge is 0.495 e. The maximum Gasteiger partial charge on any atom is 0.175 e. The summed E-state index contributed by atoms with van der Waals surface area (Å²) < 4.78 is 28.9. The number of benzene rings is 3. The number of carbonyl (C=O) groups is 1. The Balaban J connectivity index is 1.94. The van der Waals surface area contributed by atoms with Crippen molar-refractivity contribution in [2.75, 3.05) is 27.1 Å². The summed E-state index contributed by atoms with van der Waals surface area (Å²) in [5.41, 5.74) is 0.417. The molecule has 0 aliphatic rings. The standard InChI is InChI=1S/C21H20O5S/c1-24-18-10-9-15(12-20(18)26-3)17(22)13-27(23)21-16-7-5-4-6-14(16)8-11-19(21)25-2/h4-12H,13H2,1-3H3/t27-/m1/s1. The molecule has 0 unspecified atom stereocenters. The summed E-state index contributed by atoms with van der Waals surface area (Å²) in [6, 6.07) is 16.2. The number of ketones is 1. The predicted molar refractivity (Wildman–Crippen MR) is 106 cm³/mol. The lowest BCUT2D eigenvalue weighted by Gasteiger charge is -2.12. The van der Waals surface area contributed by atoms with Crippen LogP contribution in [0.25, 0.3) is 10.8 Å². The third kappa shape index (κ3) is 3.80. The number of carbonyl (C=O) groups excluding carboxylic acids is 1. The number of methoxy groups -OCH3 is 3. The normalized spacial score (nSPS) is 11.8. The number of Topliss-reactive ketones (excluding diaryl/α,β-unsaturated/α-hetero) is 1. The van der Waals surface area contributed by atoms with E-state index in [1.165, 1.54) is 21.3 Å². The first-order valence-electron chi connectivity index (χ1n) is 8.28. The fourth-order valence-corrected chi connectivity index (χ4v) is 4.26. The van der Waals surface area contributed by atoms with Crippen LogP contribution in [0.5, 0.6) is 17.2 Å². The molecule has 0 radical (unpaired) electrons. The lowest BCUT2D eigenvalue weighted by molar-refractivity contribution is 0.102. The van der Waals surface area contributed by atoms with Crippen molar-refractivity contribution in [3.8, 4) is 17.2 Å². The van der Waals surface area contributed by atoms with E-state index in [0.29, 0.717) is 27.7 Å². The van der Waals surface area contributed by atoms with Gasteiger partial charge in [0.1, 0.15) is 5.75 Å². The SMILES string of the molecule is COc1ccc(C(=O)C[S@@](=O)c2c(OC)ccc3ccccc23)cc1OC. The summed E-state index contributed by atoms with van der Waals surface area (Å²) in [6.45, 7) is 0.